The van der Waals surface area contributed by atoms with E-state index in [2.05, 4.69) is 50.8 Å². The van der Waals surface area contributed by atoms with E-state index in [0.717, 1.165) is 28.1 Å². The number of nitrogens with one attached hydrogen (secondary N) is 2. The summed E-state index contributed by atoms with van der Waals surface area (Å²) in [7, 11) is 3.58. The summed E-state index contributed by atoms with van der Waals surface area (Å²) in [6.45, 7) is 0.794. The number of halogens is 1. The summed E-state index contributed by atoms with van der Waals surface area (Å²) < 4.78 is 6.16. The van der Waals surface area contributed by atoms with Crippen LogP contribution < -0.4 is 15.4 Å². The van der Waals surface area contributed by atoms with Gasteiger partial charge in [0.25, 0.3) is 0 Å². The lowest BCUT2D eigenvalue weighted by atomic mass is 10.2. The third-order valence-electron chi connectivity index (χ3n) is 2.89. The Bertz CT molecular complexity index is 540. The van der Waals surface area contributed by atoms with Crippen LogP contribution in [0, 0.1) is 0 Å². The molecule has 0 unspecified atom stereocenters. The molecule has 0 fully saturated rings. The molecule has 0 aliphatic carbocycles. The fourth-order valence-electron chi connectivity index (χ4n) is 1.77. The number of ether oxygens (including phenoxy) is 1. The molecule has 0 radical (unpaired) electrons. The number of benzene rings is 2. The van der Waals surface area contributed by atoms with E-state index in [9.17, 15) is 0 Å². The summed E-state index contributed by atoms with van der Waals surface area (Å²) in [5.74, 6) is 0.837. The Morgan fingerprint density at radius 2 is 1.74 bits per heavy atom. The molecule has 0 spiro atoms. The van der Waals surface area contributed by atoms with Gasteiger partial charge in [0.1, 0.15) is 5.75 Å². The Hall–Kier alpha value is -1.68. The summed E-state index contributed by atoms with van der Waals surface area (Å²) >= 11 is 3.48. The smallest absolute Gasteiger partial charge is 0.133 e. The van der Waals surface area contributed by atoms with E-state index in [0.29, 0.717) is 0 Å². The molecule has 0 heterocycles. The van der Waals surface area contributed by atoms with Gasteiger partial charge >= 0.3 is 0 Å². The van der Waals surface area contributed by atoms with Crippen molar-refractivity contribution in [3.63, 3.8) is 0 Å². The molecular formula is C15H17BrN2O. The zero-order chi connectivity index (χ0) is 13.7. The number of hydrogen-bond acceptors (Lipinski definition) is 3. The molecule has 0 aromatic heterocycles. The van der Waals surface area contributed by atoms with Crippen molar-refractivity contribution in [2.24, 2.45) is 0 Å². The van der Waals surface area contributed by atoms with Gasteiger partial charge in [-0.3, -0.25) is 0 Å². The van der Waals surface area contributed by atoms with Crippen molar-refractivity contribution in [1.82, 2.24) is 0 Å². The first-order chi connectivity index (χ1) is 9.22. The Balaban J connectivity index is 1.99. The van der Waals surface area contributed by atoms with E-state index in [1.807, 2.05) is 25.2 Å². The zero-order valence-electron chi connectivity index (χ0n) is 11.0. The molecule has 2 aromatic carbocycles. The quantitative estimate of drug-likeness (QED) is 0.869. The summed E-state index contributed by atoms with van der Waals surface area (Å²) in [6.07, 6.45) is 0. The normalized spacial score (nSPS) is 10.1. The molecule has 100 valence electrons. The Labute approximate surface area is 122 Å². The van der Waals surface area contributed by atoms with Gasteiger partial charge in [-0.25, -0.2) is 0 Å². The van der Waals surface area contributed by atoms with Crippen molar-refractivity contribution >= 4 is 27.3 Å². The topological polar surface area (TPSA) is 33.3 Å². The minimum absolute atomic E-state index is 0.794. The van der Waals surface area contributed by atoms with Gasteiger partial charge in [-0.05, 0) is 51.8 Å². The van der Waals surface area contributed by atoms with E-state index in [1.165, 1.54) is 5.56 Å². The van der Waals surface area contributed by atoms with Gasteiger partial charge in [0.2, 0.25) is 0 Å². The van der Waals surface area contributed by atoms with Crippen LogP contribution in [-0.4, -0.2) is 14.2 Å². The van der Waals surface area contributed by atoms with Crippen LogP contribution >= 0.6 is 15.9 Å². The number of hydrogen-bond donors (Lipinski definition) is 2. The van der Waals surface area contributed by atoms with Gasteiger partial charge in [-0.15, -0.1) is 0 Å². The molecule has 3 nitrogen and oxygen atoms in total. The highest BCUT2D eigenvalue weighted by Gasteiger charge is 2.01. The lowest BCUT2D eigenvalue weighted by Gasteiger charge is -2.09. The SMILES string of the molecule is CNc1ccc(CNc2ccc(OC)c(Br)c2)cc1. The van der Waals surface area contributed by atoms with Gasteiger partial charge in [-0.1, -0.05) is 12.1 Å². The molecular weight excluding hydrogens is 304 g/mol. The highest BCUT2D eigenvalue weighted by Crippen LogP contribution is 2.27. The summed E-state index contributed by atoms with van der Waals surface area (Å²) in [6, 6.07) is 14.3. The van der Waals surface area contributed by atoms with E-state index in [4.69, 9.17) is 4.74 Å². The van der Waals surface area contributed by atoms with Crippen LogP contribution in [0.2, 0.25) is 0 Å². The van der Waals surface area contributed by atoms with Crippen molar-refractivity contribution in [1.29, 1.82) is 0 Å². The molecule has 0 amide bonds. The van der Waals surface area contributed by atoms with Gasteiger partial charge in [0.15, 0.2) is 0 Å². The Morgan fingerprint density at radius 3 is 2.32 bits per heavy atom. The fourth-order valence-corrected chi connectivity index (χ4v) is 2.31. The monoisotopic (exact) mass is 320 g/mol. The molecule has 4 heteroatoms. The second-order valence-corrected chi connectivity index (χ2v) is 5.00. The van der Waals surface area contributed by atoms with Crippen LogP contribution in [0.5, 0.6) is 5.75 Å². The first-order valence-electron chi connectivity index (χ1n) is 6.07. The first kappa shape index (κ1) is 13.7. The minimum atomic E-state index is 0.794. The fraction of sp³-hybridized carbons (Fsp3) is 0.200. The summed E-state index contributed by atoms with van der Waals surface area (Å²) in [5.41, 5.74) is 3.42. The van der Waals surface area contributed by atoms with Crippen LogP contribution in [0.1, 0.15) is 5.56 Å². The van der Waals surface area contributed by atoms with Crippen LogP contribution in [0.15, 0.2) is 46.9 Å². The van der Waals surface area contributed by atoms with E-state index < -0.39 is 0 Å². The van der Waals surface area contributed by atoms with E-state index in [-0.39, 0.29) is 0 Å². The molecule has 2 aromatic rings. The van der Waals surface area contributed by atoms with Crippen LogP contribution in [0.25, 0.3) is 0 Å². The molecule has 0 aliphatic rings. The highest BCUT2D eigenvalue weighted by atomic mass is 79.9. The summed E-state index contributed by atoms with van der Waals surface area (Å²) in [4.78, 5) is 0. The summed E-state index contributed by atoms with van der Waals surface area (Å²) in [5, 5.41) is 6.49. The van der Waals surface area contributed by atoms with Crippen LogP contribution in [-0.2, 0) is 6.54 Å². The molecule has 2 N–H and O–H groups in total. The maximum atomic E-state index is 5.21. The van der Waals surface area contributed by atoms with Crippen LogP contribution in [0.4, 0.5) is 11.4 Å². The molecule has 0 saturated carbocycles. The molecule has 2 rings (SSSR count). The average molecular weight is 321 g/mol. The van der Waals surface area contributed by atoms with Gasteiger partial charge < -0.3 is 15.4 Å². The number of rotatable bonds is 5. The number of anilines is 2. The molecule has 0 aliphatic heterocycles. The predicted octanol–water partition coefficient (Wildman–Crippen LogP) is 4.11. The zero-order valence-corrected chi connectivity index (χ0v) is 12.6. The van der Waals surface area contributed by atoms with Crippen molar-refractivity contribution < 1.29 is 4.74 Å². The third-order valence-corrected chi connectivity index (χ3v) is 3.51. The molecule has 0 atom stereocenters. The second-order valence-electron chi connectivity index (χ2n) is 4.15. The predicted molar refractivity (Wildman–Crippen MR) is 84.0 cm³/mol. The molecule has 19 heavy (non-hydrogen) atoms. The van der Waals surface area contributed by atoms with E-state index >= 15 is 0 Å². The van der Waals surface area contributed by atoms with Crippen molar-refractivity contribution in [2.45, 2.75) is 6.54 Å². The lowest BCUT2D eigenvalue weighted by molar-refractivity contribution is 0.412. The maximum absolute atomic E-state index is 5.21. The van der Waals surface area contributed by atoms with Gasteiger partial charge in [0.05, 0.1) is 11.6 Å². The average Bonchev–Trinajstić information content (AvgIpc) is 2.46. The Kier molecular flexibility index (Phi) is 4.68. The molecule has 0 bridgehead atoms. The first-order valence-corrected chi connectivity index (χ1v) is 6.86. The largest absolute Gasteiger partial charge is 0.496 e. The van der Waals surface area contributed by atoms with E-state index in [1.54, 1.807) is 7.11 Å². The van der Waals surface area contributed by atoms with Crippen molar-refractivity contribution in [2.75, 3.05) is 24.8 Å². The third kappa shape index (κ3) is 3.64. The van der Waals surface area contributed by atoms with Gasteiger partial charge in [0, 0.05) is 25.0 Å². The standard InChI is InChI=1S/C15H17BrN2O/c1-17-12-5-3-11(4-6-12)10-18-13-7-8-15(19-2)14(16)9-13/h3-9,17-18H,10H2,1-2H3. The molecule has 0 saturated heterocycles. The minimum Gasteiger partial charge on any atom is -0.496 e. The van der Waals surface area contributed by atoms with Crippen molar-refractivity contribution in [3.05, 3.63) is 52.5 Å². The van der Waals surface area contributed by atoms with Gasteiger partial charge in [-0.2, -0.15) is 0 Å². The number of methoxy groups -OCH3 is 1. The Morgan fingerprint density at radius 1 is 1.05 bits per heavy atom. The maximum Gasteiger partial charge on any atom is 0.133 e. The highest BCUT2D eigenvalue weighted by molar-refractivity contribution is 9.10. The van der Waals surface area contributed by atoms with Crippen molar-refractivity contribution in [3.8, 4) is 5.75 Å². The second kappa shape index (κ2) is 6.48. The van der Waals surface area contributed by atoms with Crippen LogP contribution in [0.3, 0.4) is 0 Å². The lowest BCUT2D eigenvalue weighted by Crippen LogP contribution is -1.99.